The zero-order chi connectivity index (χ0) is 22.2. The van der Waals surface area contributed by atoms with Gasteiger partial charge in [0.2, 0.25) is 0 Å². The number of nitrogens with zero attached hydrogens (tertiary/aromatic N) is 3. The van der Waals surface area contributed by atoms with Crippen molar-refractivity contribution in [3.63, 3.8) is 0 Å². The van der Waals surface area contributed by atoms with Crippen molar-refractivity contribution >= 4 is 11.9 Å². The summed E-state index contributed by atoms with van der Waals surface area (Å²) in [7, 11) is 5.74. The van der Waals surface area contributed by atoms with Crippen LogP contribution in [0.25, 0.3) is 0 Å². The van der Waals surface area contributed by atoms with E-state index in [0.29, 0.717) is 25.1 Å². The second-order valence-electron chi connectivity index (χ2n) is 8.57. The van der Waals surface area contributed by atoms with Gasteiger partial charge in [-0.15, -0.1) is 0 Å². The van der Waals surface area contributed by atoms with Gasteiger partial charge in [-0.1, -0.05) is 12.1 Å². The fourth-order valence-electron chi connectivity index (χ4n) is 4.98. The van der Waals surface area contributed by atoms with Crippen molar-refractivity contribution < 1.29 is 14.3 Å². The van der Waals surface area contributed by atoms with Crippen LogP contribution in [0.3, 0.4) is 0 Å². The number of carbonyl (C=O) groups excluding carboxylic acids is 1. The summed E-state index contributed by atoms with van der Waals surface area (Å²) in [6.07, 6.45) is 4.24. The first kappa shape index (κ1) is 23.4. The first-order valence-corrected chi connectivity index (χ1v) is 11.5. The predicted molar refractivity (Wildman–Crippen MR) is 123 cm³/mol. The number of hydrogen-bond donors (Lipinski definition) is 1. The minimum atomic E-state index is -0.0869. The highest BCUT2D eigenvalue weighted by molar-refractivity contribution is 5.81. The zero-order valence-corrected chi connectivity index (χ0v) is 19.5. The smallest absolute Gasteiger partial charge is 0.310 e. The molecule has 0 radical (unpaired) electrons. The minimum absolute atomic E-state index is 0.0693. The van der Waals surface area contributed by atoms with Crippen LogP contribution in [0, 0.1) is 11.8 Å². The Bertz CT molecular complexity index is 737. The van der Waals surface area contributed by atoms with Crippen LogP contribution in [0.2, 0.25) is 0 Å². The quantitative estimate of drug-likeness (QED) is 0.425. The van der Waals surface area contributed by atoms with Crippen LogP contribution < -0.4 is 10.1 Å². The van der Waals surface area contributed by atoms with Gasteiger partial charge < -0.3 is 19.7 Å². The Kier molecular flexibility index (Phi) is 8.58. The molecule has 2 aliphatic rings. The van der Waals surface area contributed by atoms with E-state index in [4.69, 9.17) is 9.47 Å². The van der Waals surface area contributed by atoms with Crippen molar-refractivity contribution in [2.75, 3.05) is 54.0 Å². The van der Waals surface area contributed by atoms with Crippen molar-refractivity contribution in [1.29, 1.82) is 0 Å². The van der Waals surface area contributed by atoms with Crippen LogP contribution in [0.5, 0.6) is 5.75 Å². The van der Waals surface area contributed by atoms with Crippen LogP contribution in [0.1, 0.15) is 44.2 Å². The molecule has 0 spiro atoms. The Morgan fingerprint density at radius 3 is 2.61 bits per heavy atom. The molecule has 172 valence electrons. The SMILES string of the molecule is CCOC(=O)C1CCCN(C(=NC)NCC2CCCN(C)C2c2ccc(OC)cc2)C1. The number of esters is 1. The first-order chi connectivity index (χ1) is 15.1. The summed E-state index contributed by atoms with van der Waals surface area (Å²) in [6, 6.07) is 8.82. The average Bonchev–Trinajstić information content (AvgIpc) is 2.80. The molecular weight excluding hydrogens is 392 g/mol. The van der Waals surface area contributed by atoms with Crippen LogP contribution in [-0.2, 0) is 9.53 Å². The first-order valence-electron chi connectivity index (χ1n) is 11.5. The summed E-state index contributed by atoms with van der Waals surface area (Å²) >= 11 is 0. The van der Waals surface area contributed by atoms with Gasteiger partial charge in [0, 0.05) is 32.7 Å². The minimum Gasteiger partial charge on any atom is -0.497 e. The molecule has 2 saturated heterocycles. The zero-order valence-electron chi connectivity index (χ0n) is 19.5. The van der Waals surface area contributed by atoms with Gasteiger partial charge in [-0.3, -0.25) is 14.7 Å². The number of ether oxygens (including phenoxy) is 2. The highest BCUT2D eigenvalue weighted by Crippen LogP contribution is 2.35. The normalized spacial score (nSPS) is 25.2. The molecule has 1 N–H and O–H groups in total. The number of piperidine rings is 2. The fraction of sp³-hybridized carbons (Fsp3) is 0.667. The van der Waals surface area contributed by atoms with E-state index in [0.717, 1.165) is 44.2 Å². The highest BCUT2D eigenvalue weighted by Gasteiger charge is 2.32. The molecule has 2 heterocycles. The van der Waals surface area contributed by atoms with Gasteiger partial charge in [0.15, 0.2) is 5.96 Å². The Labute approximate surface area is 186 Å². The van der Waals surface area contributed by atoms with Crippen LogP contribution in [0.15, 0.2) is 29.3 Å². The summed E-state index contributed by atoms with van der Waals surface area (Å²) in [5.74, 6) is 2.10. The number of nitrogens with one attached hydrogen (secondary N) is 1. The maximum absolute atomic E-state index is 12.2. The fourth-order valence-corrected chi connectivity index (χ4v) is 4.98. The van der Waals surface area contributed by atoms with E-state index < -0.39 is 0 Å². The molecule has 1 aromatic rings. The highest BCUT2D eigenvalue weighted by atomic mass is 16.5. The molecule has 0 aliphatic carbocycles. The third-order valence-electron chi connectivity index (χ3n) is 6.54. The molecule has 2 fully saturated rings. The molecule has 31 heavy (non-hydrogen) atoms. The van der Waals surface area contributed by atoms with E-state index in [2.05, 4.69) is 39.3 Å². The molecule has 1 aromatic carbocycles. The van der Waals surface area contributed by atoms with Crippen molar-refractivity contribution in [2.45, 2.75) is 38.6 Å². The van der Waals surface area contributed by atoms with E-state index in [1.54, 1.807) is 7.11 Å². The molecule has 3 atom stereocenters. The average molecular weight is 431 g/mol. The van der Waals surface area contributed by atoms with Gasteiger partial charge in [-0.25, -0.2) is 0 Å². The third-order valence-corrected chi connectivity index (χ3v) is 6.54. The summed E-state index contributed by atoms with van der Waals surface area (Å²) in [4.78, 5) is 21.4. The van der Waals surface area contributed by atoms with Crippen LogP contribution in [-0.4, -0.2) is 75.7 Å². The number of hydrogen-bond acceptors (Lipinski definition) is 5. The second kappa shape index (κ2) is 11.4. The Morgan fingerprint density at radius 2 is 1.94 bits per heavy atom. The number of likely N-dealkylation sites (tertiary alicyclic amines) is 2. The third kappa shape index (κ3) is 5.91. The molecule has 7 nitrogen and oxygen atoms in total. The molecule has 3 rings (SSSR count). The van der Waals surface area contributed by atoms with Crippen LogP contribution >= 0.6 is 0 Å². The van der Waals surface area contributed by atoms with E-state index in [1.165, 1.54) is 18.4 Å². The Morgan fingerprint density at radius 1 is 1.19 bits per heavy atom. The number of aliphatic imine (C=N–C) groups is 1. The van der Waals surface area contributed by atoms with Gasteiger partial charge in [0.25, 0.3) is 0 Å². The number of rotatable bonds is 6. The lowest BCUT2D eigenvalue weighted by Crippen LogP contribution is -2.50. The largest absolute Gasteiger partial charge is 0.497 e. The van der Waals surface area contributed by atoms with E-state index in [9.17, 15) is 4.79 Å². The topological polar surface area (TPSA) is 66.4 Å². The second-order valence-corrected chi connectivity index (χ2v) is 8.57. The number of methoxy groups -OCH3 is 1. The molecule has 0 bridgehead atoms. The standard InChI is InChI=1S/C24H38N4O3/c1-5-31-23(29)20-9-7-15-28(17-20)24(25-2)26-16-19-8-6-14-27(3)22(19)18-10-12-21(30-4)13-11-18/h10-13,19-20,22H,5-9,14-17H2,1-4H3,(H,25,26). The number of carbonyl (C=O) groups is 1. The lowest BCUT2D eigenvalue weighted by Gasteiger charge is -2.41. The molecule has 3 unspecified atom stereocenters. The maximum Gasteiger partial charge on any atom is 0.310 e. The van der Waals surface area contributed by atoms with Crippen molar-refractivity contribution in [3.8, 4) is 5.75 Å². The van der Waals surface area contributed by atoms with E-state index in [-0.39, 0.29) is 11.9 Å². The van der Waals surface area contributed by atoms with E-state index >= 15 is 0 Å². The molecule has 2 aliphatic heterocycles. The van der Waals surface area contributed by atoms with Gasteiger partial charge in [-0.2, -0.15) is 0 Å². The van der Waals surface area contributed by atoms with Gasteiger partial charge in [0.05, 0.1) is 19.6 Å². The summed E-state index contributed by atoms with van der Waals surface area (Å²) in [6.45, 7) is 5.85. The van der Waals surface area contributed by atoms with E-state index in [1.807, 2.05) is 26.1 Å². The van der Waals surface area contributed by atoms with Gasteiger partial charge in [-0.05, 0) is 69.8 Å². The predicted octanol–water partition coefficient (Wildman–Crippen LogP) is 2.93. The summed E-state index contributed by atoms with van der Waals surface area (Å²) in [5.41, 5.74) is 1.32. The Balaban J connectivity index is 1.64. The maximum atomic E-state index is 12.2. The molecule has 0 amide bonds. The molecular formula is C24H38N4O3. The molecule has 0 aromatic heterocycles. The summed E-state index contributed by atoms with van der Waals surface area (Å²) in [5, 5.41) is 3.62. The van der Waals surface area contributed by atoms with Crippen LogP contribution in [0.4, 0.5) is 0 Å². The van der Waals surface area contributed by atoms with Crippen molar-refractivity contribution in [3.05, 3.63) is 29.8 Å². The summed E-state index contributed by atoms with van der Waals surface area (Å²) < 4.78 is 10.6. The lowest BCUT2D eigenvalue weighted by molar-refractivity contribution is -0.149. The van der Waals surface area contributed by atoms with Crippen molar-refractivity contribution in [2.24, 2.45) is 16.8 Å². The number of benzene rings is 1. The number of guanidine groups is 1. The Hall–Kier alpha value is -2.28. The lowest BCUT2D eigenvalue weighted by atomic mass is 9.85. The molecule has 0 saturated carbocycles. The van der Waals surface area contributed by atoms with Gasteiger partial charge >= 0.3 is 5.97 Å². The molecule has 7 heteroatoms. The monoisotopic (exact) mass is 430 g/mol. The van der Waals surface area contributed by atoms with Crippen molar-refractivity contribution in [1.82, 2.24) is 15.1 Å². The van der Waals surface area contributed by atoms with Gasteiger partial charge in [0.1, 0.15) is 5.75 Å².